The Balaban J connectivity index is 1.91. The van der Waals surface area contributed by atoms with Gasteiger partial charge in [-0.2, -0.15) is 11.8 Å². The van der Waals surface area contributed by atoms with Crippen LogP contribution >= 0.6 is 35.0 Å². The molecule has 2 aromatic carbocycles. The molecule has 0 heterocycles. The van der Waals surface area contributed by atoms with Crippen molar-refractivity contribution in [3.63, 3.8) is 0 Å². The van der Waals surface area contributed by atoms with Crippen LogP contribution in [0.1, 0.15) is 19.4 Å². The summed E-state index contributed by atoms with van der Waals surface area (Å²) in [4.78, 5) is 12.6. The minimum atomic E-state index is -3.66. The highest BCUT2D eigenvalue weighted by atomic mass is 35.5. The van der Waals surface area contributed by atoms with E-state index in [-0.39, 0.29) is 5.91 Å². The van der Waals surface area contributed by atoms with Gasteiger partial charge in [0, 0.05) is 18.1 Å². The molecule has 31 heavy (non-hydrogen) atoms. The van der Waals surface area contributed by atoms with Crippen molar-refractivity contribution in [3.05, 3.63) is 58.1 Å². The van der Waals surface area contributed by atoms with E-state index < -0.39 is 16.1 Å². The van der Waals surface area contributed by atoms with E-state index in [0.29, 0.717) is 40.4 Å². The molecule has 0 saturated heterocycles. The van der Waals surface area contributed by atoms with Crippen LogP contribution in [0, 0.1) is 0 Å². The van der Waals surface area contributed by atoms with Crippen LogP contribution in [0.5, 0.6) is 5.75 Å². The van der Waals surface area contributed by atoms with Crippen LogP contribution in [0.25, 0.3) is 0 Å². The molecule has 2 aromatic rings. The summed E-state index contributed by atoms with van der Waals surface area (Å²) in [7, 11) is -3.66. The van der Waals surface area contributed by atoms with Gasteiger partial charge in [0.05, 0.1) is 28.6 Å². The van der Waals surface area contributed by atoms with Crippen molar-refractivity contribution in [1.82, 2.24) is 5.32 Å². The maximum Gasteiger partial charge on any atom is 0.243 e. The lowest BCUT2D eigenvalue weighted by molar-refractivity contribution is -0.121. The highest BCUT2D eigenvalue weighted by Crippen LogP contribution is 2.25. The predicted molar refractivity (Wildman–Crippen MR) is 130 cm³/mol. The fraction of sp³-hybridized carbons (Fsp3) is 0.381. The average Bonchev–Trinajstić information content (AvgIpc) is 2.70. The maximum atomic E-state index is 12.6. The van der Waals surface area contributed by atoms with Crippen LogP contribution in [0.15, 0.2) is 42.5 Å². The number of halogens is 2. The number of ether oxygens (including phenoxy) is 1. The Labute approximate surface area is 198 Å². The number of rotatable bonds is 11. The molecule has 1 amide bonds. The normalized spacial score (nSPS) is 12.3. The number of nitrogens with one attached hydrogen (secondary N) is 1. The molecule has 0 bridgehead atoms. The molecule has 0 radical (unpaired) electrons. The molecule has 10 heteroatoms. The number of sulfonamides is 1. The second kappa shape index (κ2) is 11.9. The summed E-state index contributed by atoms with van der Waals surface area (Å²) >= 11 is 13.6. The monoisotopic (exact) mass is 504 g/mol. The van der Waals surface area contributed by atoms with Crippen molar-refractivity contribution in [3.8, 4) is 5.75 Å². The quantitative estimate of drug-likeness (QED) is 0.452. The molecule has 1 N–H and O–H groups in total. The first kappa shape index (κ1) is 25.6. The number of anilines is 1. The third-order valence-electron chi connectivity index (χ3n) is 4.29. The number of benzene rings is 2. The summed E-state index contributed by atoms with van der Waals surface area (Å²) in [6, 6.07) is 11.2. The molecule has 0 aliphatic carbocycles. The second-order valence-electron chi connectivity index (χ2n) is 6.75. The number of hydrogen-bond donors (Lipinski definition) is 1. The van der Waals surface area contributed by atoms with Crippen molar-refractivity contribution in [1.29, 1.82) is 0 Å². The predicted octanol–water partition coefficient (Wildman–Crippen LogP) is 4.60. The summed E-state index contributed by atoms with van der Waals surface area (Å²) in [5.41, 5.74) is 1.44. The Morgan fingerprint density at radius 2 is 1.84 bits per heavy atom. The number of nitrogens with zero attached hydrogens (tertiary/aromatic N) is 1. The van der Waals surface area contributed by atoms with Crippen molar-refractivity contribution in [2.75, 3.05) is 29.5 Å². The number of amides is 1. The van der Waals surface area contributed by atoms with Crippen LogP contribution in [-0.2, 0) is 20.6 Å². The molecule has 0 unspecified atom stereocenters. The van der Waals surface area contributed by atoms with Crippen LogP contribution in [0.3, 0.4) is 0 Å². The lowest BCUT2D eigenvalue weighted by atomic mass is 10.2. The fourth-order valence-corrected chi connectivity index (χ4v) is 5.18. The molecule has 0 aliphatic rings. The first-order chi connectivity index (χ1) is 14.6. The number of carbonyl (C=O) groups excluding carboxylic acids is 1. The summed E-state index contributed by atoms with van der Waals surface area (Å²) in [5.74, 6) is 1.66. The van der Waals surface area contributed by atoms with Gasteiger partial charge in [-0.25, -0.2) is 8.42 Å². The minimum Gasteiger partial charge on any atom is -0.494 e. The average molecular weight is 505 g/mol. The number of carbonyl (C=O) groups is 1. The van der Waals surface area contributed by atoms with Gasteiger partial charge in [0.15, 0.2) is 0 Å². The zero-order valence-electron chi connectivity index (χ0n) is 17.6. The van der Waals surface area contributed by atoms with Crippen molar-refractivity contribution >= 4 is 56.6 Å². The first-order valence-corrected chi connectivity index (χ1v) is 13.4. The Bertz CT molecular complexity index is 985. The molecule has 0 aliphatic heterocycles. The lowest BCUT2D eigenvalue weighted by Gasteiger charge is -2.28. The molecule has 2 rings (SSSR count). The van der Waals surface area contributed by atoms with Crippen LogP contribution < -0.4 is 14.4 Å². The standard InChI is InChI=1S/C21H26Cl2N2O4S2/c1-4-29-18-8-6-17(7-9-18)25(31(3,27)28)15(2)21(26)24-11-12-30-14-16-5-10-19(22)20(23)13-16/h5-10,13,15H,4,11-12,14H2,1-3H3,(H,24,26)/t15-/m1/s1. The van der Waals surface area contributed by atoms with E-state index in [2.05, 4.69) is 5.32 Å². The molecule has 1 atom stereocenters. The van der Waals surface area contributed by atoms with E-state index in [1.165, 1.54) is 0 Å². The molecule has 0 saturated carbocycles. The van der Waals surface area contributed by atoms with E-state index in [0.717, 1.165) is 21.9 Å². The third kappa shape index (κ3) is 7.79. The van der Waals surface area contributed by atoms with Gasteiger partial charge in [-0.15, -0.1) is 0 Å². The largest absolute Gasteiger partial charge is 0.494 e. The van der Waals surface area contributed by atoms with Crippen molar-refractivity contribution in [2.45, 2.75) is 25.6 Å². The van der Waals surface area contributed by atoms with E-state index in [1.807, 2.05) is 19.1 Å². The fourth-order valence-electron chi connectivity index (χ4n) is 2.88. The van der Waals surface area contributed by atoms with Gasteiger partial charge in [-0.05, 0) is 55.8 Å². The molecule has 0 aromatic heterocycles. The third-order valence-corrected chi connectivity index (χ3v) is 7.30. The van der Waals surface area contributed by atoms with Crippen LogP contribution in [0.4, 0.5) is 5.69 Å². The molecular weight excluding hydrogens is 479 g/mol. The second-order valence-corrected chi connectivity index (χ2v) is 10.5. The summed E-state index contributed by atoms with van der Waals surface area (Å²) in [6.45, 7) is 4.36. The van der Waals surface area contributed by atoms with Crippen LogP contribution in [0.2, 0.25) is 10.0 Å². The van der Waals surface area contributed by atoms with E-state index in [4.69, 9.17) is 27.9 Å². The minimum absolute atomic E-state index is 0.366. The molecule has 0 fully saturated rings. The smallest absolute Gasteiger partial charge is 0.243 e. The van der Waals surface area contributed by atoms with Gasteiger partial charge in [-0.3, -0.25) is 9.10 Å². The Morgan fingerprint density at radius 1 is 1.16 bits per heavy atom. The zero-order chi connectivity index (χ0) is 23.0. The van der Waals surface area contributed by atoms with E-state index >= 15 is 0 Å². The Kier molecular flexibility index (Phi) is 9.81. The van der Waals surface area contributed by atoms with Gasteiger partial charge in [0.25, 0.3) is 0 Å². The van der Waals surface area contributed by atoms with E-state index in [9.17, 15) is 13.2 Å². The molecule has 0 spiro atoms. The summed E-state index contributed by atoms with van der Waals surface area (Å²) < 4.78 is 31.2. The lowest BCUT2D eigenvalue weighted by Crippen LogP contribution is -2.48. The SMILES string of the molecule is CCOc1ccc(N([C@H](C)C(=O)NCCSCc2ccc(Cl)c(Cl)c2)S(C)(=O)=O)cc1. The number of thioether (sulfide) groups is 1. The highest BCUT2D eigenvalue weighted by Gasteiger charge is 2.28. The van der Waals surface area contributed by atoms with Gasteiger partial charge in [0.1, 0.15) is 11.8 Å². The molecule has 6 nitrogen and oxygen atoms in total. The van der Waals surface area contributed by atoms with E-state index in [1.54, 1.807) is 49.0 Å². The molecular formula is C21H26Cl2N2O4S2. The Hall–Kier alpha value is -1.61. The van der Waals surface area contributed by atoms with Crippen LogP contribution in [-0.4, -0.2) is 45.5 Å². The van der Waals surface area contributed by atoms with Crippen molar-refractivity contribution in [2.24, 2.45) is 0 Å². The summed E-state index contributed by atoms with van der Waals surface area (Å²) in [6.07, 6.45) is 1.08. The van der Waals surface area contributed by atoms with Crippen molar-refractivity contribution < 1.29 is 17.9 Å². The van der Waals surface area contributed by atoms with Gasteiger partial charge >= 0.3 is 0 Å². The highest BCUT2D eigenvalue weighted by molar-refractivity contribution is 7.98. The van der Waals surface area contributed by atoms with Gasteiger partial charge in [0.2, 0.25) is 15.9 Å². The maximum absolute atomic E-state index is 12.6. The summed E-state index contributed by atoms with van der Waals surface area (Å²) in [5, 5.41) is 3.83. The topological polar surface area (TPSA) is 75.7 Å². The molecule has 170 valence electrons. The number of hydrogen-bond acceptors (Lipinski definition) is 5. The van der Waals surface area contributed by atoms with Gasteiger partial charge < -0.3 is 10.1 Å². The zero-order valence-corrected chi connectivity index (χ0v) is 20.7. The van der Waals surface area contributed by atoms with Gasteiger partial charge in [-0.1, -0.05) is 29.3 Å². The first-order valence-electron chi connectivity index (χ1n) is 9.65. The Morgan fingerprint density at radius 3 is 2.42 bits per heavy atom.